The van der Waals surface area contributed by atoms with Crippen LogP contribution in [0.1, 0.15) is 44.0 Å². The first kappa shape index (κ1) is 17.6. The third-order valence-corrected chi connectivity index (χ3v) is 5.54. The van der Waals surface area contributed by atoms with Crippen molar-refractivity contribution in [2.45, 2.75) is 44.8 Å². The van der Waals surface area contributed by atoms with Gasteiger partial charge in [0.05, 0.1) is 6.61 Å². The molecule has 2 fully saturated rings. The minimum absolute atomic E-state index is 0.0368. The van der Waals surface area contributed by atoms with Gasteiger partial charge in [-0.3, -0.25) is 4.98 Å². The van der Waals surface area contributed by atoms with E-state index in [-0.39, 0.29) is 18.1 Å². The Kier molecular flexibility index (Phi) is 5.28. The highest BCUT2D eigenvalue weighted by Crippen LogP contribution is 2.43. The van der Waals surface area contributed by atoms with Gasteiger partial charge in [-0.05, 0) is 49.7 Å². The molecule has 7 heteroatoms. The standard InChI is InChI=1S/C19H26N4O3/c24-11-1-10-23-18(21-17(22-23)15-3-8-20-9-4-15)16-2-5-19(14-26-16)6-12-25-13-7-19/h3-4,8-9,16,24H,1-2,5-7,10-14H2. The van der Waals surface area contributed by atoms with Gasteiger partial charge < -0.3 is 14.6 Å². The van der Waals surface area contributed by atoms with Crippen LogP contribution in [0.25, 0.3) is 11.4 Å². The average Bonchev–Trinajstić information content (AvgIpc) is 3.12. The molecule has 0 aromatic carbocycles. The zero-order valence-electron chi connectivity index (χ0n) is 15.0. The van der Waals surface area contributed by atoms with E-state index >= 15 is 0 Å². The van der Waals surface area contributed by atoms with Crippen LogP contribution >= 0.6 is 0 Å². The lowest BCUT2D eigenvalue weighted by atomic mass is 9.75. The number of rotatable bonds is 5. The lowest BCUT2D eigenvalue weighted by Crippen LogP contribution is -2.38. The van der Waals surface area contributed by atoms with Crippen LogP contribution in [-0.2, 0) is 16.0 Å². The molecule has 4 heterocycles. The van der Waals surface area contributed by atoms with Gasteiger partial charge in [0.15, 0.2) is 11.6 Å². The number of ether oxygens (including phenoxy) is 2. The maximum absolute atomic E-state index is 9.21. The minimum atomic E-state index is -0.0368. The van der Waals surface area contributed by atoms with E-state index in [1.54, 1.807) is 12.4 Å². The Labute approximate surface area is 153 Å². The van der Waals surface area contributed by atoms with Crippen LogP contribution in [0.4, 0.5) is 0 Å². The quantitative estimate of drug-likeness (QED) is 0.884. The topological polar surface area (TPSA) is 82.3 Å². The van der Waals surface area contributed by atoms with Gasteiger partial charge in [0, 0.05) is 44.3 Å². The van der Waals surface area contributed by atoms with Crippen LogP contribution < -0.4 is 0 Å². The maximum atomic E-state index is 9.21. The minimum Gasteiger partial charge on any atom is -0.396 e. The molecule has 1 N–H and O–H groups in total. The molecule has 26 heavy (non-hydrogen) atoms. The summed E-state index contributed by atoms with van der Waals surface area (Å²) in [5, 5.41) is 13.9. The van der Waals surface area contributed by atoms with Crippen molar-refractivity contribution in [2.24, 2.45) is 5.41 Å². The first-order valence-corrected chi connectivity index (χ1v) is 9.45. The van der Waals surface area contributed by atoms with Crippen LogP contribution in [0.5, 0.6) is 0 Å². The van der Waals surface area contributed by atoms with E-state index in [1.165, 1.54) is 0 Å². The van der Waals surface area contributed by atoms with E-state index in [4.69, 9.17) is 14.5 Å². The molecule has 2 aromatic heterocycles. The molecule has 7 nitrogen and oxygen atoms in total. The van der Waals surface area contributed by atoms with Crippen LogP contribution in [0, 0.1) is 5.41 Å². The van der Waals surface area contributed by atoms with Crippen LogP contribution in [0.15, 0.2) is 24.5 Å². The molecular formula is C19H26N4O3. The summed E-state index contributed by atoms with van der Waals surface area (Å²) in [6.45, 7) is 3.22. The molecule has 2 aliphatic rings. The van der Waals surface area contributed by atoms with Crippen molar-refractivity contribution in [1.29, 1.82) is 0 Å². The summed E-state index contributed by atoms with van der Waals surface area (Å²) in [5.41, 5.74) is 1.22. The van der Waals surface area contributed by atoms with E-state index in [0.29, 0.717) is 18.8 Å². The molecule has 0 amide bonds. The highest BCUT2D eigenvalue weighted by molar-refractivity contribution is 5.53. The Bertz CT molecular complexity index is 703. The Morgan fingerprint density at radius 2 is 2.00 bits per heavy atom. The zero-order chi connectivity index (χ0) is 17.8. The second kappa shape index (κ2) is 7.82. The maximum Gasteiger partial charge on any atom is 0.181 e. The van der Waals surface area contributed by atoms with Gasteiger partial charge in [-0.15, -0.1) is 0 Å². The highest BCUT2D eigenvalue weighted by Gasteiger charge is 2.39. The molecule has 1 spiro atoms. The lowest BCUT2D eigenvalue weighted by molar-refractivity contribution is -0.110. The fourth-order valence-electron chi connectivity index (χ4n) is 3.87. The van der Waals surface area contributed by atoms with Crippen molar-refractivity contribution in [1.82, 2.24) is 19.7 Å². The number of aliphatic hydroxyl groups is 1. The first-order valence-electron chi connectivity index (χ1n) is 9.45. The highest BCUT2D eigenvalue weighted by atomic mass is 16.5. The van der Waals surface area contributed by atoms with Crippen molar-refractivity contribution in [2.75, 3.05) is 26.4 Å². The Balaban J connectivity index is 1.54. The number of aryl methyl sites for hydroxylation is 1. The smallest absolute Gasteiger partial charge is 0.181 e. The summed E-state index contributed by atoms with van der Waals surface area (Å²) >= 11 is 0. The summed E-state index contributed by atoms with van der Waals surface area (Å²) in [4.78, 5) is 8.84. The fraction of sp³-hybridized carbons (Fsp3) is 0.632. The van der Waals surface area contributed by atoms with Crippen molar-refractivity contribution in [3.05, 3.63) is 30.4 Å². The summed E-state index contributed by atoms with van der Waals surface area (Å²) in [6.07, 6.45) is 8.36. The molecule has 0 bridgehead atoms. The summed E-state index contributed by atoms with van der Waals surface area (Å²) in [7, 11) is 0. The Morgan fingerprint density at radius 1 is 1.19 bits per heavy atom. The van der Waals surface area contributed by atoms with Gasteiger partial charge in [-0.25, -0.2) is 9.67 Å². The number of pyridine rings is 1. The Morgan fingerprint density at radius 3 is 2.69 bits per heavy atom. The predicted octanol–water partition coefficient (Wildman–Crippen LogP) is 2.37. The van der Waals surface area contributed by atoms with Gasteiger partial charge in [-0.1, -0.05) is 0 Å². The second-order valence-electron chi connectivity index (χ2n) is 7.28. The monoisotopic (exact) mass is 358 g/mol. The molecule has 140 valence electrons. The van der Waals surface area contributed by atoms with Crippen molar-refractivity contribution >= 4 is 0 Å². The van der Waals surface area contributed by atoms with Crippen LogP contribution in [-0.4, -0.2) is 51.3 Å². The van der Waals surface area contributed by atoms with Crippen LogP contribution in [0.3, 0.4) is 0 Å². The molecule has 0 saturated carbocycles. The van der Waals surface area contributed by atoms with E-state index in [9.17, 15) is 5.11 Å². The van der Waals surface area contributed by atoms with Crippen molar-refractivity contribution < 1.29 is 14.6 Å². The number of aromatic nitrogens is 4. The molecule has 1 atom stereocenters. The number of aliphatic hydroxyl groups excluding tert-OH is 1. The molecule has 0 radical (unpaired) electrons. The summed E-state index contributed by atoms with van der Waals surface area (Å²) < 4.78 is 13.7. The molecule has 0 aliphatic carbocycles. The number of nitrogens with zero attached hydrogens (tertiary/aromatic N) is 4. The molecule has 2 saturated heterocycles. The molecular weight excluding hydrogens is 332 g/mol. The molecule has 4 rings (SSSR count). The fourth-order valence-corrected chi connectivity index (χ4v) is 3.87. The lowest BCUT2D eigenvalue weighted by Gasteiger charge is -2.42. The van der Waals surface area contributed by atoms with Gasteiger partial charge >= 0.3 is 0 Å². The van der Waals surface area contributed by atoms with Crippen LogP contribution in [0.2, 0.25) is 0 Å². The number of hydrogen-bond acceptors (Lipinski definition) is 6. The van der Waals surface area contributed by atoms with E-state index in [0.717, 1.165) is 56.9 Å². The predicted molar refractivity (Wildman–Crippen MR) is 95.4 cm³/mol. The van der Waals surface area contributed by atoms with E-state index in [1.807, 2.05) is 16.8 Å². The van der Waals surface area contributed by atoms with Gasteiger partial charge in [0.1, 0.15) is 6.10 Å². The summed E-state index contributed by atoms with van der Waals surface area (Å²) in [5.74, 6) is 1.56. The second-order valence-corrected chi connectivity index (χ2v) is 7.28. The normalized spacial score (nSPS) is 22.6. The van der Waals surface area contributed by atoms with Gasteiger partial charge in [-0.2, -0.15) is 5.10 Å². The molecule has 2 aromatic rings. The SMILES string of the molecule is OCCCn1nc(-c2ccncc2)nc1C1CCC2(CCOCC2)CO1. The summed E-state index contributed by atoms with van der Waals surface area (Å²) in [6, 6.07) is 3.82. The van der Waals surface area contributed by atoms with E-state index < -0.39 is 0 Å². The Hall–Kier alpha value is -1.83. The number of hydrogen-bond donors (Lipinski definition) is 1. The van der Waals surface area contributed by atoms with E-state index in [2.05, 4.69) is 10.1 Å². The largest absolute Gasteiger partial charge is 0.396 e. The van der Waals surface area contributed by atoms with Crippen molar-refractivity contribution in [3.63, 3.8) is 0 Å². The van der Waals surface area contributed by atoms with Crippen molar-refractivity contribution in [3.8, 4) is 11.4 Å². The van der Waals surface area contributed by atoms with Gasteiger partial charge in [0.2, 0.25) is 0 Å². The first-order chi connectivity index (χ1) is 12.8. The average molecular weight is 358 g/mol. The third kappa shape index (κ3) is 3.65. The molecule has 2 aliphatic heterocycles. The molecule has 1 unspecified atom stereocenters. The zero-order valence-corrected chi connectivity index (χ0v) is 15.0. The third-order valence-electron chi connectivity index (χ3n) is 5.54. The van der Waals surface area contributed by atoms with Gasteiger partial charge in [0.25, 0.3) is 0 Å².